The number of hydrogen-bond donors (Lipinski definition) is 0. The van der Waals surface area contributed by atoms with Crippen LogP contribution >= 0.6 is 0 Å². The molecule has 3 aliphatic rings. The van der Waals surface area contributed by atoms with Crippen molar-refractivity contribution < 1.29 is 14.3 Å². The van der Waals surface area contributed by atoms with Gasteiger partial charge in [0.1, 0.15) is 11.4 Å². The van der Waals surface area contributed by atoms with Crippen LogP contribution in [0.25, 0.3) is 0 Å². The lowest BCUT2D eigenvalue weighted by atomic mass is 9.86. The number of ether oxygens (including phenoxy) is 1. The third-order valence-electron chi connectivity index (χ3n) is 6.43. The van der Waals surface area contributed by atoms with E-state index in [-0.39, 0.29) is 23.7 Å². The van der Waals surface area contributed by atoms with E-state index >= 15 is 0 Å². The van der Waals surface area contributed by atoms with E-state index in [2.05, 4.69) is 0 Å². The fraction of sp³-hybridized carbons (Fsp3) is 0.545. The molecule has 132 valence electrons. The third-order valence-corrected chi connectivity index (χ3v) is 6.43. The first kappa shape index (κ1) is 16.6. The number of benzene rings is 1. The van der Waals surface area contributed by atoms with Crippen molar-refractivity contribution in [3.05, 3.63) is 47.5 Å². The second kappa shape index (κ2) is 6.12. The predicted octanol–water partition coefficient (Wildman–Crippen LogP) is 4.67. The van der Waals surface area contributed by atoms with Gasteiger partial charge in [-0.25, -0.2) is 4.79 Å². The first-order chi connectivity index (χ1) is 12.0. The standard InChI is InChI=1S/C22H26O3/c1-22(2,17-8-3-4-9-17)25-21(24)16-7-5-6-14(12-16)19-13-15-10-11-18(19)20(15)23/h5-7,10-12,15,17-19H,3-4,8-9,13H2,1-2H3. The van der Waals surface area contributed by atoms with Crippen LogP contribution < -0.4 is 0 Å². The fourth-order valence-electron chi connectivity index (χ4n) is 4.88. The Morgan fingerprint density at radius 2 is 1.92 bits per heavy atom. The van der Waals surface area contributed by atoms with Crippen molar-refractivity contribution in [2.45, 2.75) is 57.5 Å². The van der Waals surface area contributed by atoms with E-state index in [0.29, 0.717) is 17.3 Å². The van der Waals surface area contributed by atoms with Gasteiger partial charge >= 0.3 is 5.97 Å². The first-order valence-corrected chi connectivity index (χ1v) is 9.51. The molecule has 1 aromatic carbocycles. The Morgan fingerprint density at radius 3 is 2.56 bits per heavy atom. The Hall–Kier alpha value is -1.90. The van der Waals surface area contributed by atoms with Crippen molar-refractivity contribution in [3.63, 3.8) is 0 Å². The second-order valence-corrected chi connectivity index (χ2v) is 8.36. The molecule has 0 N–H and O–H groups in total. The highest BCUT2D eigenvalue weighted by Gasteiger charge is 2.44. The Balaban J connectivity index is 1.50. The van der Waals surface area contributed by atoms with Gasteiger partial charge in [0.2, 0.25) is 0 Å². The molecule has 0 aliphatic heterocycles. The maximum atomic E-state index is 12.7. The SMILES string of the molecule is CC(C)(OC(=O)c1cccc(C2CC3C=CC2C3=O)c1)C1CCCC1. The molecule has 3 unspecified atom stereocenters. The number of ketones is 1. The van der Waals surface area contributed by atoms with Gasteiger partial charge in [0, 0.05) is 11.8 Å². The molecule has 2 bridgehead atoms. The van der Waals surface area contributed by atoms with Crippen LogP contribution in [0.15, 0.2) is 36.4 Å². The molecule has 0 saturated heterocycles. The van der Waals surface area contributed by atoms with Gasteiger partial charge in [0.25, 0.3) is 0 Å². The average Bonchev–Trinajstić information content (AvgIpc) is 3.32. The lowest BCUT2D eigenvalue weighted by Crippen LogP contribution is -2.35. The van der Waals surface area contributed by atoms with Crippen LogP contribution in [-0.4, -0.2) is 17.4 Å². The summed E-state index contributed by atoms with van der Waals surface area (Å²) in [6, 6.07) is 7.70. The van der Waals surface area contributed by atoms with Gasteiger partial charge in [0.05, 0.1) is 5.56 Å². The van der Waals surface area contributed by atoms with Crippen LogP contribution in [0.4, 0.5) is 0 Å². The monoisotopic (exact) mass is 338 g/mol. The summed E-state index contributed by atoms with van der Waals surface area (Å²) in [5.41, 5.74) is 1.26. The van der Waals surface area contributed by atoms with Crippen molar-refractivity contribution in [2.75, 3.05) is 0 Å². The van der Waals surface area contributed by atoms with E-state index in [1.165, 1.54) is 12.8 Å². The number of carbonyl (C=O) groups excluding carboxylic acids is 2. The molecule has 3 nitrogen and oxygen atoms in total. The highest BCUT2D eigenvalue weighted by atomic mass is 16.6. The maximum absolute atomic E-state index is 12.7. The molecule has 3 atom stereocenters. The predicted molar refractivity (Wildman–Crippen MR) is 96.4 cm³/mol. The minimum absolute atomic E-state index is 0.00815. The summed E-state index contributed by atoms with van der Waals surface area (Å²) in [5, 5.41) is 0. The summed E-state index contributed by atoms with van der Waals surface area (Å²) in [7, 11) is 0. The quantitative estimate of drug-likeness (QED) is 0.592. The van der Waals surface area contributed by atoms with Gasteiger partial charge in [-0.15, -0.1) is 0 Å². The summed E-state index contributed by atoms with van der Waals surface area (Å²) < 4.78 is 5.89. The van der Waals surface area contributed by atoms with Gasteiger partial charge in [-0.2, -0.15) is 0 Å². The molecule has 3 heteroatoms. The minimum Gasteiger partial charge on any atom is -0.456 e. The van der Waals surface area contributed by atoms with E-state index in [4.69, 9.17) is 4.74 Å². The lowest BCUT2D eigenvalue weighted by molar-refractivity contribution is -0.120. The van der Waals surface area contributed by atoms with Crippen molar-refractivity contribution >= 4 is 11.8 Å². The molecule has 3 aliphatic carbocycles. The lowest BCUT2D eigenvalue weighted by Gasteiger charge is -2.31. The van der Waals surface area contributed by atoms with Crippen molar-refractivity contribution in [3.8, 4) is 0 Å². The first-order valence-electron chi connectivity index (χ1n) is 9.51. The summed E-state index contributed by atoms with van der Waals surface area (Å²) in [6.07, 6.45) is 9.67. The van der Waals surface area contributed by atoms with Crippen LogP contribution in [-0.2, 0) is 9.53 Å². The van der Waals surface area contributed by atoms with Crippen molar-refractivity contribution in [1.82, 2.24) is 0 Å². The molecule has 0 amide bonds. The normalized spacial score (nSPS) is 28.7. The maximum Gasteiger partial charge on any atom is 0.338 e. The zero-order chi connectivity index (χ0) is 17.6. The number of rotatable bonds is 4. The largest absolute Gasteiger partial charge is 0.456 e. The Morgan fingerprint density at radius 1 is 1.16 bits per heavy atom. The van der Waals surface area contributed by atoms with E-state index in [1.54, 1.807) is 0 Å². The average molecular weight is 338 g/mol. The fourth-order valence-corrected chi connectivity index (χ4v) is 4.88. The Kier molecular flexibility index (Phi) is 4.05. The van der Waals surface area contributed by atoms with Crippen LogP contribution in [0.1, 0.15) is 67.8 Å². The zero-order valence-electron chi connectivity index (χ0n) is 15.0. The van der Waals surface area contributed by atoms with Crippen molar-refractivity contribution in [1.29, 1.82) is 0 Å². The molecular formula is C22H26O3. The topological polar surface area (TPSA) is 43.4 Å². The van der Waals surface area contributed by atoms with E-state index < -0.39 is 5.60 Å². The molecule has 0 spiro atoms. The van der Waals surface area contributed by atoms with Gasteiger partial charge in [-0.1, -0.05) is 37.1 Å². The smallest absolute Gasteiger partial charge is 0.338 e. The second-order valence-electron chi connectivity index (χ2n) is 8.36. The number of fused-ring (bicyclic) bond motifs is 2. The Labute approximate surface area is 149 Å². The number of carbonyl (C=O) groups is 2. The molecule has 0 heterocycles. The van der Waals surface area contributed by atoms with Crippen LogP contribution in [0, 0.1) is 17.8 Å². The summed E-state index contributed by atoms with van der Waals surface area (Å²) >= 11 is 0. The van der Waals surface area contributed by atoms with Gasteiger partial charge in [-0.3, -0.25) is 4.79 Å². The third kappa shape index (κ3) is 2.94. The van der Waals surface area contributed by atoms with E-state index in [1.807, 2.05) is 50.3 Å². The zero-order valence-corrected chi connectivity index (χ0v) is 15.0. The van der Waals surface area contributed by atoms with Crippen LogP contribution in [0.2, 0.25) is 0 Å². The molecular weight excluding hydrogens is 312 g/mol. The summed E-state index contributed by atoms with van der Waals surface area (Å²) in [6.45, 7) is 4.06. The summed E-state index contributed by atoms with van der Waals surface area (Å²) in [4.78, 5) is 24.9. The Bertz CT molecular complexity index is 725. The molecule has 25 heavy (non-hydrogen) atoms. The van der Waals surface area contributed by atoms with Gasteiger partial charge in [0.15, 0.2) is 0 Å². The van der Waals surface area contributed by atoms with Gasteiger partial charge in [-0.05, 0) is 62.6 Å². The molecule has 1 aromatic rings. The van der Waals surface area contributed by atoms with Crippen LogP contribution in [0.5, 0.6) is 0 Å². The highest BCUT2D eigenvalue weighted by molar-refractivity contribution is 5.93. The molecule has 2 saturated carbocycles. The number of Topliss-reactive ketones (excluding diaryl/α,β-unsaturated/α-hetero) is 1. The van der Waals surface area contributed by atoms with Crippen molar-refractivity contribution in [2.24, 2.45) is 17.8 Å². The minimum atomic E-state index is -0.422. The number of esters is 1. The van der Waals surface area contributed by atoms with Crippen LogP contribution in [0.3, 0.4) is 0 Å². The molecule has 2 fully saturated rings. The molecule has 4 rings (SSSR count). The summed E-state index contributed by atoms with van der Waals surface area (Å²) in [5.74, 6) is 0.813. The highest BCUT2D eigenvalue weighted by Crippen LogP contribution is 2.46. The molecule has 0 aromatic heterocycles. The molecule has 0 radical (unpaired) electrons. The number of allylic oxidation sites excluding steroid dienone is 2. The van der Waals surface area contributed by atoms with E-state index in [0.717, 1.165) is 24.8 Å². The number of hydrogen-bond acceptors (Lipinski definition) is 3. The van der Waals surface area contributed by atoms with E-state index in [9.17, 15) is 9.59 Å². The van der Waals surface area contributed by atoms with Gasteiger partial charge < -0.3 is 4.74 Å².